The fourth-order valence-electron chi connectivity index (χ4n) is 5.20. The summed E-state index contributed by atoms with van der Waals surface area (Å²) in [7, 11) is 0. The summed E-state index contributed by atoms with van der Waals surface area (Å²) in [6.07, 6.45) is 1.41. The lowest BCUT2D eigenvalue weighted by Crippen LogP contribution is -2.51. The van der Waals surface area contributed by atoms with Crippen LogP contribution in [0.2, 0.25) is 0 Å². The molecule has 1 fully saturated rings. The normalized spacial score (nSPS) is 14.4. The number of anilines is 2. The number of rotatable bonds is 7. The molecule has 1 aliphatic heterocycles. The van der Waals surface area contributed by atoms with Gasteiger partial charge in [-0.05, 0) is 64.1 Å². The highest BCUT2D eigenvalue weighted by molar-refractivity contribution is 6.09. The summed E-state index contributed by atoms with van der Waals surface area (Å²) >= 11 is 0. The van der Waals surface area contributed by atoms with Gasteiger partial charge in [0.1, 0.15) is 11.4 Å². The molecule has 2 aromatic carbocycles. The van der Waals surface area contributed by atoms with Crippen LogP contribution in [-0.2, 0) is 11.3 Å². The molecule has 0 saturated carbocycles. The van der Waals surface area contributed by atoms with Crippen LogP contribution in [0.3, 0.4) is 0 Å². The fourth-order valence-corrected chi connectivity index (χ4v) is 5.20. The molecule has 0 atom stereocenters. The predicted molar refractivity (Wildman–Crippen MR) is 159 cm³/mol. The molecule has 3 heterocycles. The zero-order chi connectivity index (χ0) is 28.3. The van der Waals surface area contributed by atoms with Gasteiger partial charge in [-0.2, -0.15) is 0 Å². The molecule has 9 heteroatoms. The molecular weight excluding hydrogens is 504 g/mol. The molecule has 0 bridgehead atoms. The van der Waals surface area contributed by atoms with Crippen molar-refractivity contribution >= 4 is 45.3 Å². The second-order valence-electron chi connectivity index (χ2n) is 11.1. The molecule has 0 radical (unpaired) electrons. The van der Waals surface area contributed by atoms with E-state index in [4.69, 9.17) is 4.74 Å². The minimum atomic E-state index is -0.499. The Morgan fingerprint density at radius 3 is 2.45 bits per heavy atom. The number of amides is 2. The van der Waals surface area contributed by atoms with Crippen LogP contribution >= 0.6 is 0 Å². The number of carbonyl (C=O) groups is 2. The topological polar surface area (TPSA) is 91.7 Å². The van der Waals surface area contributed by atoms with Crippen molar-refractivity contribution in [3.05, 3.63) is 66.4 Å². The number of carbonyl (C=O) groups excluding carboxylic acids is 2. The molecule has 1 aliphatic rings. The number of benzene rings is 2. The number of fused-ring (bicyclic) bond motifs is 3. The third kappa shape index (κ3) is 6.04. The van der Waals surface area contributed by atoms with Crippen molar-refractivity contribution in [3.63, 3.8) is 0 Å². The summed E-state index contributed by atoms with van der Waals surface area (Å²) < 4.78 is 7.78. The van der Waals surface area contributed by atoms with E-state index in [1.807, 2.05) is 26.8 Å². The van der Waals surface area contributed by atoms with Crippen LogP contribution < -0.4 is 10.6 Å². The van der Waals surface area contributed by atoms with E-state index in [0.29, 0.717) is 37.6 Å². The van der Waals surface area contributed by atoms with Crippen molar-refractivity contribution < 1.29 is 14.3 Å². The largest absolute Gasteiger partial charge is 0.444 e. The van der Waals surface area contributed by atoms with Crippen LogP contribution in [0.25, 0.3) is 21.8 Å². The van der Waals surface area contributed by atoms with Gasteiger partial charge in [-0.3, -0.25) is 9.69 Å². The second kappa shape index (κ2) is 11.6. The summed E-state index contributed by atoms with van der Waals surface area (Å²) in [5.41, 5.74) is 3.26. The average Bonchev–Trinajstić information content (AvgIpc) is 3.25. The minimum Gasteiger partial charge on any atom is -0.444 e. The number of aromatic nitrogens is 2. The highest BCUT2D eigenvalue weighted by Gasteiger charge is 2.25. The SMILES string of the molecule is CCn1c2ccccc2c2cc(Nc3ncccc3C(=O)NCCN3CCN(C(=O)OC(C)(C)C)CC3)ccc21. The molecule has 9 nitrogen and oxygen atoms in total. The molecular formula is C31H38N6O3. The zero-order valence-corrected chi connectivity index (χ0v) is 23.7. The molecule has 4 aromatic rings. The number of pyridine rings is 1. The van der Waals surface area contributed by atoms with E-state index >= 15 is 0 Å². The lowest BCUT2D eigenvalue weighted by atomic mass is 10.1. The van der Waals surface area contributed by atoms with Crippen molar-refractivity contribution in [2.24, 2.45) is 0 Å². The molecule has 2 amide bonds. The molecule has 2 N–H and O–H groups in total. The van der Waals surface area contributed by atoms with Gasteiger partial charge in [0.05, 0.1) is 5.56 Å². The molecule has 0 unspecified atom stereocenters. The van der Waals surface area contributed by atoms with Crippen LogP contribution in [0.15, 0.2) is 60.8 Å². The number of nitrogens with one attached hydrogen (secondary N) is 2. The zero-order valence-electron chi connectivity index (χ0n) is 23.7. The highest BCUT2D eigenvalue weighted by atomic mass is 16.6. The Labute approximate surface area is 235 Å². The van der Waals surface area contributed by atoms with Crippen LogP contribution in [0.5, 0.6) is 0 Å². The van der Waals surface area contributed by atoms with Gasteiger partial charge in [0.25, 0.3) is 5.91 Å². The van der Waals surface area contributed by atoms with Gasteiger partial charge in [0.15, 0.2) is 0 Å². The van der Waals surface area contributed by atoms with Crippen molar-refractivity contribution in [3.8, 4) is 0 Å². The predicted octanol–water partition coefficient (Wildman–Crippen LogP) is 5.24. The Bertz CT molecular complexity index is 1510. The number of piperazine rings is 1. The molecule has 2 aromatic heterocycles. The Morgan fingerprint density at radius 1 is 0.950 bits per heavy atom. The van der Waals surface area contributed by atoms with Gasteiger partial charge < -0.3 is 24.8 Å². The summed E-state index contributed by atoms with van der Waals surface area (Å²) in [5, 5.41) is 8.77. The van der Waals surface area contributed by atoms with Crippen LogP contribution in [0.1, 0.15) is 38.1 Å². The van der Waals surface area contributed by atoms with E-state index in [1.165, 1.54) is 16.4 Å². The summed E-state index contributed by atoms with van der Waals surface area (Å²) in [6, 6.07) is 18.2. The average molecular weight is 543 g/mol. The molecule has 0 spiro atoms. The number of ether oxygens (including phenoxy) is 1. The molecule has 0 aliphatic carbocycles. The van der Waals surface area contributed by atoms with Crippen LogP contribution in [0, 0.1) is 0 Å². The van der Waals surface area contributed by atoms with Gasteiger partial charge in [-0.25, -0.2) is 9.78 Å². The Morgan fingerprint density at radius 2 is 1.70 bits per heavy atom. The van der Waals surface area contributed by atoms with Crippen molar-refractivity contribution in [2.75, 3.05) is 44.6 Å². The first-order valence-electron chi connectivity index (χ1n) is 13.9. The van der Waals surface area contributed by atoms with Gasteiger partial charge in [-0.15, -0.1) is 0 Å². The van der Waals surface area contributed by atoms with E-state index in [0.717, 1.165) is 30.7 Å². The van der Waals surface area contributed by atoms with E-state index in [9.17, 15) is 9.59 Å². The Hall–Kier alpha value is -4.11. The highest BCUT2D eigenvalue weighted by Crippen LogP contribution is 2.32. The van der Waals surface area contributed by atoms with Gasteiger partial charge in [0, 0.05) is 79.5 Å². The molecule has 40 heavy (non-hydrogen) atoms. The lowest BCUT2D eigenvalue weighted by molar-refractivity contribution is 0.0147. The third-order valence-electron chi connectivity index (χ3n) is 7.14. The first kappa shape index (κ1) is 27.5. The Kier molecular flexibility index (Phi) is 7.93. The fraction of sp³-hybridized carbons (Fsp3) is 0.387. The molecule has 1 saturated heterocycles. The lowest BCUT2D eigenvalue weighted by Gasteiger charge is -2.35. The van der Waals surface area contributed by atoms with Crippen molar-refractivity contribution in [2.45, 2.75) is 39.8 Å². The minimum absolute atomic E-state index is 0.174. The van der Waals surface area contributed by atoms with Crippen molar-refractivity contribution in [1.29, 1.82) is 0 Å². The third-order valence-corrected chi connectivity index (χ3v) is 7.14. The number of para-hydroxylation sites is 1. The van der Waals surface area contributed by atoms with E-state index < -0.39 is 5.60 Å². The number of aryl methyl sites for hydroxylation is 1. The first-order valence-corrected chi connectivity index (χ1v) is 13.9. The molecule has 210 valence electrons. The quantitative estimate of drug-likeness (QED) is 0.332. The Balaban J connectivity index is 1.20. The van der Waals surface area contributed by atoms with E-state index in [1.54, 1.807) is 23.2 Å². The smallest absolute Gasteiger partial charge is 0.410 e. The summed E-state index contributed by atoms with van der Waals surface area (Å²) in [5.74, 6) is 0.344. The maximum Gasteiger partial charge on any atom is 0.410 e. The summed E-state index contributed by atoms with van der Waals surface area (Å²) in [4.78, 5) is 33.9. The van der Waals surface area contributed by atoms with Crippen LogP contribution in [0.4, 0.5) is 16.3 Å². The molecule has 5 rings (SSSR count). The van der Waals surface area contributed by atoms with Gasteiger partial charge in [-0.1, -0.05) is 18.2 Å². The number of nitrogens with zero attached hydrogens (tertiary/aromatic N) is 4. The van der Waals surface area contributed by atoms with Gasteiger partial charge >= 0.3 is 6.09 Å². The first-order chi connectivity index (χ1) is 19.2. The number of hydrogen-bond acceptors (Lipinski definition) is 6. The van der Waals surface area contributed by atoms with Gasteiger partial charge in [0.2, 0.25) is 0 Å². The van der Waals surface area contributed by atoms with Crippen LogP contribution in [-0.4, -0.2) is 76.2 Å². The summed E-state index contributed by atoms with van der Waals surface area (Å²) in [6.45, 7) is 12.6. The second-order valence-corrected chi connectivity index (χ2v) is 11.1. The van der Waals surface area contributed by atoms with E-state index in [-0.39, 0.29) is 12.0 Å². The monoisotopic (exact) mass is 542 g/mol. The number of hydrogen-bond donors (Lipinski definition) is 2. The maximum absolute atomic E-state index is 13.1. The standard InChI is InChI=1S/C31H38N6O3/c1-5-37-26-11-7-6-9-23(26)25-21-22(12-13-27(25)37)34-28-24(10-8-14-32-28)29(38)33-15-16-35-17-19-36(20-18-35)30(39)40-31(2,3)4/h6-14,21H,5,15-20H2,1-4H3,(H,32,34)(H,33,38). The maximum atomic E-state index is 13.1. The van der Waals surface area contributed by atoms with Crippen molar-refractivity contribution in [1.82, 2.24) is 24.7 Å². The van der Waals surface area contributed by atoms with E-state index in [2.05, 4.69) is 68.4 Å².